The van der Waals surface area contributed by atoms with Crippen molar-refractivity contribution in [2.24, 2.45) is 0 Å². The van der Waals surface area contributed by atoms with Gasteiger partial charge in [0.2, 0.25) is 0 Å². The van der Waals surface area contributed by atoms with Gasteiger partial charge in [-0.1, -0.05) is 461 Å². The van der Waals surface area contributed by atoms with Crippen molar-refractivity contribution in [1.82, 2.24) is 0 Å². The second kappa shape index (κ2) is 137. The Bertz CT molecular complexity index is 1920. The third kappa shape index (κ3) is 166. The molecule has 19 heteroatoms. The van der Waals surface area contributed by atoms with Crippen molar-refractivity contribution in [1.29, 1.82) is 0 Å². The molecule has 0 fully saturated rings. The summed E-state index contributed by atoms with van der Waals surface area (Å²) in [6, 6.07) is 0. The molecule has 0 aliphatic carbocycles. The Morgan fingerprint density at radius 3 is 0.276 bits per heavy atom. The van der Waals surface area contributed by atoms with Crippen LogP contribution in [0, 0.1) is 0 Å². The predicted molar refractivity (Wildman–Crippen MR) is 560 cm³/mol. The standard InChI is InChI=1S/6C18H37O2P.Mo/c6*1-2-3-4-5-6-7-8-9-10-11-12-13-14-15-16-17-18-21(19)20;/h6*9-10,21H,2-8,11-18H2,1H3,(H,19,20);/q;;;;;;+6/p-6/b6*10-9-;. The molecule has 6 atom stereocenters. The maximum absolute atomic E-state index is 10.4. The van der Waals surface area contributed by atoms with Gasteiger partial charge in [-0.2, -0.15) is 0 Å². The molecule has 0 N–H and O–H groups in total. The average Bonchev–Trinajstić information content (AvgIpc) is 1.15. The molecule has 0 saturated heterocycles. The van der Waals surface area contributed by atoms with Crippen LogP contribution in [0.25, 0.3) is 0 Å². The first-order valence-electron chi connectivity index (χ1n) is 54.7. The van der Waals surface area contributed by atoms with E-state index in [0.717, 1.165) is 77.0 Å². The molecule has 0 aromatic heterocycles. The van der Waals surface area contributed by atoms with Crippen LogP contribution in [0.2, 0.25) is 0 Å². The number of rotatable bonds is 96. The number of hydrogen-bond acceptors (Lipinski definition) is 12. The third-order valence-corrected chi connectivity index (χ3v) is 27.9. The van der Waals surface area contributed by atoms with Crippen LogP contribution >= 0.6 is 48.2 Å². The van der Waals surface area contributed by atoms with E-state index in [2.05, 4.69) is 114 Å². The molecule has 0 rings (SSSR count). The normalized spacial score (nSPS) is 12.9. The summed E-state index contributed by atoms with van der Waals surface area (Å²) >= 11 is 0. The van der Waals surface area contributed by atoms with E-state index in [4.69, 9.17) is 0 Å². The van der Waals surface area contributed by atoms with Gasteiger partial charge in [0.1, 0.15) is 0 Å². The molecule has 0 aliphatic heterocycles. The molecule has 0 heterocycles. The van der Waals surface area contributed by atoms with E-state index in [9.17, 15) is 56.8 Å². The Morgan fingerprint density at radius 1 is 0.126 bits per heavy atom. The minimum atomic E-state index is -2.46. The van der Waals surface area contributed by atoms with Gasteiger partial charge in [0, 0.05) is 48.2 Å². The zero-order valence-electron chi connectivity index (χ0n) is 84.9. The molecule has 0 aromatic carbocycles. The molecule has 0 bridgehead atoms. The summed E-state index contributed by atoms with van der Waals surface area (Å²) in [4.78, 5) is 62.5. The van der Waals surface area contributed by atoms with Gasteiger partial charge in [-0.25, -0.2) is 0 Å². The summed E-state index contributed by atoms with van der Waals surface area (Å²) in [5.74, 6) is 0. The van der Waals surface area contributed by atoms with Crippen LogP contribution in [0.5, 0.6) is 0 Å². The first-order valence-corrected chi connectivity index (χ1v) is 63.9. The number of hydrogen-bond donors (Lipinski definition) is 0. The molecule has 6 unspecified atom stereocenters. The van der Waals surface area contributed by atoms with Crippen molar-refractivity contribution in [3.05, 3.63) is 72.9 Å². The van der Waals surface area contributed by atoms with Crippen LogP contribution in [0.4, 0.5) is 0 Å². The van der Waals surface area contributed by atoms with Gasteiger partial charge in [0.05, 0.1) is 0 Å². The van der Waals surface area contributed by atoms with Gasteiger partial charge >= 0.3 is 21.1 Å². The zero-order valence-corrected chi connectivity index (χ0v) is 92.9. The summed E-state index contributed by atoms with van der Waals surface area (Å²) in [7, 11) is -14.8. The molecule has 0 aromatic rings. The monoisotopic (exact) mass is 1990 g/mol. The molecule has 0 spiro atoms. The second-order valence-corrected chi connectivity index (χ2v) is 43.8. The molecule has 0 saturated carbocycles. The fraction of sp³-hybridized carbons (Fsp3) is 0.889. The van der Waals surface area contributed by atoms with Crippen molar-refractivity contribution in [2.45, 2.75) is 581 Å². The summed E-state index contributed by atoms with van der Waals surface area (Å²) in [6.07, 6.45) is 137. The molecule has 756 valence electrons. The van der Waals surface area contributed by atoms with Crippen LogP contribution in [0.15, 0.2) is 72.9 Å². The predicted octanol–water partition coefficient (Wildman–Crippen LogP) is 35.2. The van der Waals surface area contributed by atoms with Crippen molar-refractivity contribution in [2.75, 3.05) is 37.0 Å². The van der Waals surface area contributed by atoms with E-state index in [1.807, 2.05) is 0 Å². The molecule has 0 radical (unpaired) electrons. The van der Waals surface area contributed by atoms with Crippen LogP contribution in [0.3, 0.4) is 0 Å². The maximum atomic E-state index is 10.4. The molecular formula is C108H216MoO12P6. The Labute approximate surface area is 811 Å². The second-order valence-electron chi connectivity index (χ2n) is 36.4. The van der Waals surface area contributed by atoms with Crippen molar-refractivity contribution in [3.8, 4) is 0 Å². The van der Waals surface area contributed by atoms with Gasteiger partial charge in [0.15, 0.2) is 0 Å². The summed E-state index contributed by atoms with van der Waals surface area (Å²) < 4.78 is 62.5. The van der Waals surface area contributed by atoms with Crippen LogP contribution in [-0.2, 0) is 48.5 Å². The van der Waals surface area contributed by atoms with Crippen molar-refractivity contribution >= 4 is 48.2 Å². The first-order chi connectivity index (χ1) is 61.6. The minimum Gasteiger partial charge on any atom is -0.802 e. The average molecular weight is 1990 g/mol. The van der Waals surface area contributed by atoms with E-state index < -0.39 is 48.2 Å². The van der Waals surface area contributed by atoms with Crippen molar-refractivity contribution in [3.63, 3.8) is 0 Å². The van der Waals surface area contributed by atoms with Gasteiger partial charge < -0.3 is 56.8 Å². The van der Waals surface area contributed by atoms with Gasteiger partial charge in [-0.05, 0) is 230 Å². The fourth-order valence-electron chi connectivity index (χ4n) is 15.1. The van der Waals surface area contributed by atoms with E-state index >= 15 is 0 Å². The largest absolute Gasteiger partial charge is 6.00 e. The fourth-order valence-corrected chi connectivity index (χ4v) is 18.3. The van der Waals surface area contributed by atoms with Crippen molar-refractivity contribution < 1.29 is 77.8 Å². The van der Waals surface area contributed by atoms with Crippen LogP contribution < -0.4 is 29.4 Å². The Balaban J connectivity index is -0.000000272. The van der Waals surface area contributed by atoms with Gasteiger partial charge in [0.25, 0.3) is 0 Å². The molecular weight excluding hydrogens is 1770 g/mol. The van der Waals surface area contributed by atoms with E-state index in [-0.39, 0.29) is 21.1 Å². The Morgan fingerprint density at radius 2 is 0.197 bits per heavy atom. The maximum Gasteiger partial charge on any atom is 6.00 e. The Kier molecular flexibility index (Phi) is 151. The zero-order chi connectivity index (χ0) is 93.6. The number of unbranched alkanes of at least 4 members (excludes halogenated alkanes) is 72. The van der Waals surface area contributed by atoms with E-state index in [0.29, 0.717) is 37.0 Å². The van der Waals surface area contributed by atoms with E-state index in [1.54, 1.807) is 0 Å². The third-order valence-electron chi connectivity index (χ3n) is 23.4. The van der Waals surface area contributed by atoms with Gasteiger partial charge in [-0.3, -0.25) is 0 Å². The molecule has 127 heavy (non-hydrogen) atoms. The summed E-state index contributed by atoms with van der Waals surface area (Å²) in [5.41, 5.74) is 0. The molecule has 0 aliphatic rings. The topological polar surface area (TPSA) is 241 Å². The summed E-state index contributed by atoms with van der Waals surface area (Å²) in [6.45, 7) is 13.6. The summed E-state index contributed by atoms with van der Waals surface area (Å²) in [5, 5.41) is 0. The number of allylic oxidation sites excluding steroid dienone is 12. The molecule has 0 amide bonds. The first kappa shape index (κ1) is 140. The van der Waals surface area contributed by atoms with E-state index in [1.165, 1.54) is 462 Å². The molecule has 12 nitrogen and oxygen atoms in total. The van der Waals surface area contributed by atoms with Crippen LogP contribution in [0.1, 0.15) is 581 Å². The smallest absolute Gasteiger partial charge is 0.802 e. The van der Waals surface area contributed by atoms with Gasteiger partial charge in [-0.15, -0.1) is 0 Å². The SMILES string of the molecule is CCCCCCCC/C=C\CCCCCCCC[PH](=O)[O-].CCCCCCCC/C=C\CCCCCCCC[PH](=O)[O-].CCCCCCCC/C=C\CCCCCCCC[PH](=O)[O-].CCCCCCCC/C=C\CCCCCCCC[PH](=O)[O-].CCCCCCCC/C=C\CCCCCCCC[PH](=O)[O-].CCCCCCCC/C=C\CCCCCCCC[PH](=O)[O-].[Mo+6]. The minimum absolute atomic E-state index is 0. The quantitative estimate of drug-likeness (QED) is 0.0239. The Hall–Kier alpha value is 0.268. The van der Waals surface area contributed by atoms with Crippen LogP contribution in [-0.4, -0.2) is 37.0 Å².